The van der Waals surface area contributed by atoms with Gasteiger partial charge in [0.05, 0.1) is 11.7 Å². The van der Waals surface area contributed by atoms with Gasteiger partial charge in [0, 0.05) is 22.9 Å². The number of benzene rings is 3. The van der Waals surface area contributed by atoms with Gasteiger partial charge in [0.25, 0.3) is 5.56 Å². The van der Waals surface area contributed by atoms with E-state index in [1.54, 1.807) is 6.92 Å². The van der Waals surface area contributed by atoms with E-state index in [1.807, 2.05) is 65.2 Å². The Balaban J connectivity index is 1.99. The molecule has 0 saturated carbocycles. The van der Waals surface area contributed by atoms with Gasteiger partial charge in [-0.15, -0.1) is 0 Å². The van der Waals surface area contributed by atoms with E-state index < -0.39 is 0 Å². The molecular formula is C25H19NO2. The van der Waals surface area contributed by atoms with Crippen LogP contribution < -0.4 is 5.56 Å². The summed E-state index contributed by atoms with van der Waals surface area (Å²) in [5.41, 5.74) is 5.08. The summed E-state index contributed by atoms with van der Waals surface area (Å²) in [6.07, 6.45) is 0.316. The van der Waals surface area contributed by atoms with Crippen LogP contribution in [-0.2, 0) is 4.79 Å². The van der Waals surface area contributed by atoms with Gasteiger partial charge in [-0.3, -0.25) is 14.2 Å². The highest BCUT2D eigenvalue weighted by atomic mass is 16.1. The van der Waals surface area contributed by atoms with Crippen LogP contribution in [0.2, 0.25) is 0 Å². The third-order valence-electron chi connectivity index (χ3n) is 5.55. The number of fused-ring (bicyclic) bond motifs is 4. The standard InChI is InChI=1S/C25H19NO2/c1-16(27)15-22-18-11-5-7-13-20(18)24-23(17-9-3-2-4-10-17)19-12-6-8-14-21(19)25(28)26(22)24/h2-14,22H,15H2,1H3. The average Bonchev–Trinajstić information content (AvgIpc) is 3.03. The fraction of sp³-hybridized carbons (Fsp3) is 0.120. The van der Waals surface area contributed by atoms with Gasteiger partial charge in [0.2, 0.25) is 0 Å². The van der Waals surface area contributed by atoms with Crippen LogP contribution >= 0.6 is 0 Å². The Morgan fingerprint density at radius 3 is 2.25 bits per heavy atom. The molecule has 0 spiro atoms. The molecule has 1 aliphatic heterocycles. The van der Waals surface area contributed by atoms with Crippen LogP contribution in [-0.4, -0.2) is 10.4 Å². The summed E-state index contributed by atoms with van der Waals surface area (Å²) >= 11 is 0. The van der Waals surface area contributed by atoms with E-state index in [0.717, 1.165) is 33.3 Å². The van der Waals surface area contributed by atoms with Crippen molar-refractivity contribution >= 4 is 16.6 Å². The fourth-order valence-corrected chi connectivity index (χ4v) is 4.44. The first kappa shape index (κ1) is 16.7. The van der Waals surface area contributed by atoms with Crippen molar-refractivity contribution in [1.82, 2.24) is 4.57 Å². The first-order valence-electron chi connectivity index (χ1n) is 9.48. The molecule has 1 unspecified atom stereocenters. The summed E-state index contributed by atoms with van der Waals surface area (Å²) in [4.78, 5) is 25.5. The lowest BCUT2D eigenvalue weighted by atomic mass is 9.93. The Labute approximate surface area is 162 Å². The molecule has 4 aromatic rings. The minimum absolute atomic E-state index is 0.0345. The molecule has 3 nitrogen and oxygen atoms in total. The zero-order valence-corrected chi connectivity index (χ0v) is 15.6. The number of ketones is 1. The van der Waals surface area contributed by atoms with E-state index in [4.69, 9.17) is 0 Å². The maximum atomic E-state index is 13.5. The average molecular weight is 365 g/mol. The molecule has 136 valence electrons. The normalized spacial score (nSPS) is 14.7. The van der Waals surface area contributed by atoms with E-state index in [2.05, 4.69) is 18.2 Å². The van der Waals surface area contributed by atoms with Gasteiger partial charge in [0.15, 0.2) is 0 Å². The van der Waals surface area contributed by atoms with Crippen LogP contribution in [0, 0.1) is 0 Å². The highest BCUT2D eigenvalue weighted by Gasteiger charge is 2.33. The number of nitrogens with zero attached hydrogens (tertiary/aromatic N) is 1. The Hall–Kier alpha value is -3.46. The van der Waals surface area contributed by atoms with Crippen molar-refractivity contribution in [2.75, 3.05) is 0 Å². The van der Waals surface area contributed by atoms with E-state index in [9.17, 15) is 9.59 Å². The third kappa shape index (κ3) is 2.36. The number of rotatable bonds is 3. The number of hydrogen-bond acceptors (Lipinski definition) is 2. The van der Waals surface area contributed by atoms with Gasteiger partial charge >= 0.3 is 0 Å². The zero-order valence-electron chi connectivity index (χ0n) is 15.6. The monoisotopic (exact) mass is 365 g/mol. The summed E-state index contributed by atoms with van der Waals surface area (Å²) < 4.78 is 1.84. The minimum atomic E-state index is -0.261. The van der Waals surface area contributed by atoms with Gasteiger partial charge in [-0.05, 0) is 29.5 Å². The summed E-state index contributed by atoms with van der Waals surface area (Å²) in [7, 11) is 0. The molecule has 0 N–H and O–H groups in total. The molecule has 3 heteroatoms. The third-order valence-corrected chi connectivity index (χ3v) is 5.55. The lowest BCUT2D eigenvalue weighted by Crippen LogP contribution is -2.25. The van der Waals surface area contributed by atoms with Crippen LogP contribution in [0.25, 0.3) is 33.2 Å². The molecule has 1 atom stereocenters. The Morgan fingerprint density at radius 1 is 0.857 bits per heavy atom. The number of aromatic nitrogens is 1. The van der Waals surface area contributed by atoms with Crippen LogP contribution in [0.3, 0.4) is 0 Å². The predicted molar refractivity (Wildman–Crippen MR) is 113 cm³/mol. The Morgan fingerprint density at radius 2 is 1.50 bits per heavy atom. The molecule has 0 saturated heterocycles. The highest BCUT2D eigenvalue weighted by molar-refractivity contribution is 6.04. The van der Waals surface area contributed by atoms with Crippen molar-refractivity contribution in [3.8, 4) is 22.4 Å². The smallest absolute Gasteiger partial charge is 0.259 e. The maximum Gasteiger partial charge on any atom is 0.259 e. The van der Waals surface area contributed by atoms with Crippen molar-refractivity contribution in [1.29, 1.82) is 0 Å². The Bertz CT molecular complexity index is 1290. The number of carbonyl (C=O) groups excluding carboxylic acids is 1. The minimum Gasteiger partial charge on any atom is -0.300 e. The van der Waals surface area contributed by atoms with Crippen molar-refractivity contribution in [2.24, 2.45) is 0 Å². The van der Waals surface area contributed by atoms with Gasteiger partial charge in [-0.1, -0.05) is 72.8 Å². The van der Waals surface area contributed by atoms with E-state index in [-0.39, 0.29) is 17.4 Å². The number of Topliss-reactive ketones (excluding diaryl/α,β-unsaturated/α-hetero) is 1. The molecule has 0 fully saturated rings. The molecule has 0 aliphatic carbocycles. The second kappa shape index (κ2) is 6.31. The summed E-state index contributed by atoms with van der Waals surface area (Å²) in [5.74, 6) is 0.0778. The summed E-state index contributed by atoms with van der Waals surface area (Å²) in [6.45, 7) is 1.59. The molecule has 0 bridgehead atoms. The lowest BCUT2D eigenvalue weighted by molar-refractivity contribution is -0.117. The number of hydrogen-bond donors (Lipinski definition) is 0. The topological polar surface area (TPSA) is 39.1 Å². The summed E-state index contributed by atoms with van der Waals surface area (Å²) in [6, 6.07) is 25.7. The maximum absolute atomic E-state index is 13.5. The van der Waals surface area contributed by atoms with Gasteiger partial charge in [0.1, 0.15) is 5.78 Å². The summed E-state index contributed by atoms with van der Waals surface area (Å²) in [5, 5.41) is 1.63. The number of pyridine rings is 1. The molecule has 1 aliphatic rings. The molecule has 5 rings (SSSR count). The highest BCUT2D eigenvalue weighted by Crippen LogP contribution is 2.46. The molecule has 1 aromatic heterocycles. The molecular weight excluding hydrogens is 346 g/mol. The second-order valence-electron chi connectivity index (χ2n) is 7.32. The SMILES string of the molecule is CC(=O)CC1c2ccccc2-c2c(-c3ccccc3)c3ccccc3c(=O)n21. The zero-order chi connectivity index (χ0) is 19.3. The van der Waals surface area contributed by atoms with Crippen LogP contribution in [0.5, 0.6) is 0 Å². The molecule has 2 heterocycles. The lowest BCUT2D eigenvalue weighted by Gasteiger charge is -2.18. The quantitative estimate of drug-likeness (QED) is 0.499. The van der Waals surface area contributed by atoms with Crippen molar-refractivity contribution in [3.05, 3.63) is 94.8 Å². The first-order chi connectivity index (χ1) is 13.7. The van der Waals surface area contributed by atoms with Crippen LogP contribution in [0.15, 0.2) is 83.7 Å². The molecule has 3 aromatic carbocycles. The van der Waals surface area contributed by atoms with Crippen molar-refractivity contribution in [2.45, 2.75) is 19.4 Å². The van der Waals surface area contributed by atoms with E-state index in [0.29, 0.717) is 11.8 Å². The first-order valence-corrected chi connectivity index (χ1v) is 9.48. The largest absolute Gasteiger partial charge is 0.300 e. The van der Waals surface area contributed by atoms with Gasteiger partial charge < -0.3 is 0 Å². The van der Waals surface area contributed by atoms with Crippen molar-refractivity contribution < 1.29 is 4.79 Å². The molecule has 28 heavy (non-hydrogen) atoms. The number of carbonyl (C=O) groups is 1. The fourth-order valence-electron chi connectivity index (χ4n) is 4.44. The Kier molecular flexibility index (Phi) is 3.76. The van der Waals surface area contributed by atoms with Crippen LogP contribution in [0.1, 0.15) is 24.9 Å². The van der Waals surface area contributed by atoms with Gasteiger partial charge in [-0.2, -0.15) is 0 Å². The van der Waals surface area contributed by atoms with E-state index in [1.165, 1.54) is 0 Å². The van der Waals surface area contributed by atoms with E-state index >= 15 is 0 Å². The van der Waals surface area contributed by atoms with Crippen molar-refractivity contribution in [3.63, 3.8) is 0 Å². The van der Waals surface area contributed by atoms with Gasteiger partial charge in [-0.25, -0.2) is 0 Å². The predicted octanol–water partition coefficient (Wildman–Crippen LogP) is 5.22. The second-order valence-corrected chi connectivity index (χ2v) is 7.32. The molecule has 0 amide bonds. The van der Waals surface area contributed by atoms with Crippen LogP contribution in [0.4, 0.5) is 0 Å². The molecule has 0 radical (unpaired) electrons.